The van der Waals surface area contributed by atoms with E-state index in [9.17, 15) is 17.6 Å². The van der Waals surface area contributed by atoms with Crippen LogP contribution in [0.4, 0.5) is 4.39 Å². The standard InChI is InChI=1S/C23H28FN3O4S/c1-31-21-17-27(32(29,30)22-6-3-2-5-20(21)22)12-4-11-25-13-15-26(16-14-25)23(28)18-7-9-19(24)10-8-18/h2-3,5-10,21H,4,11-17H2,1H3. The number of rotatable bonds is 6. The van der Waals surface area contributed by atoms with Gasteiger partial charge in [-0.25, -0.2) is 12.8 Å². The molecule has 7 nitrogen and oxygen atoms in total. The number of sulfonamides is 1. The number of methoxy groups -OCH3 is 1. The topological polar surface area (TPSA) is 70.2 Å². The molecule has 0 saturated carbocycles. The summed E-state index contributed by atoms with van der Waals surface area (Å²) in [5.74, 6) is -0.448. The van der Waals surface area contributed by atoms with Crippen LogP contribution < -0.4 is 0 Å². The predicted molar refractivity (Wildman–Crippen MR) is 118 cm³/mol. The highest BCUT2D eigenvalue weighted by molar-refractivity contribution is 7.89. The molecular formula is C23H28FN3O4S. The normalized spacial score (nSPS) is 21.3. The Labute approximate surface area is 188 Å². The Morgan fingerprint density at radius 1 is 1.03 bits per heavy atom. The molecule has 1 atom stereocenters. The zero-order chi connectivity index (χ0) is 22.7. The molecule has 0 radical (unpaired) electrons. The van der Waals surface area contributed by atoms with Crippen molar-refractivity contribution in [2.45, 2.75) is 17.4 Å². The zero-order valence-corrected chi connectivity index (χ0v) is 18.9. The first-order chi connectivity index (χ1) is 15.4. The van der Waals surface area contributed by atoms with Crippen LogP contribution in [0.3, 0.4) is 0 Å². The van der Waals surface area contributed by atoms with Crippen LogP contribution in [0, 0.1) is 5.82 Å². The van der Waals surface area contributed by atoms with Gasteiger partial charge in [0.1, 0.15) is 5.82 Å². The lowest BCUT2D eigenvalue weighted by atomic mass is 10.1. The summed E-state index contributed by atoms with van der Waals surface area (Å²) in [5, 5.41) is 0. The van der Waals surface area contributed by atoms with E-state index in [1.165, 1.54) is 28.6 Å². The molecular weight excluding hydrogens is 433 g/mol. The monoisotopic (exact) mass is 461 g/mol. The van der Waals surface area contributed by atoms with Crippen LogP contribution in [-0.2, 0) is 14.8 Å². The van der Waals surface area contributed by atoms with E-state index >= 15 is 0 Å². The average Bonchev–Trinajstić information content (AvgIpc) is 2.81. The molecule has 2 aliphatic rings. The number of hydrogen-bond donors (Lipinski definition) is 0. The first-order valence-electron chi connectivity index (χ1n) is 10.8. The van der Waals surface area contributed by atoms with Crippen LogP contribution in [0.25, 0.3) is 0 Å². The summed E-state index contributed by atoms with van der Waals surface area (Å²) in [6.07, 6.45) is 0.430. The maximum atomic E-state index is 13.1. The Balaban J connectivity index is 1.28. The molecule has 0 bridgehead atoms. The van der Waals surface area contributed by atoms with E-state index in [1.54, 1.807) is 24.1 Å². The zero-order valence-electron chi connectivity index (χ0n) is 18.1. The van der Waals surface area contributed by atoms with Gasteiger partial charge in [0, 0.05) is 57.5 Å². The second-order valence-electron chi connectivity index (χ2n) is 8.12. The van der Waals surface area contributed by atoms with Gasteiger partial charge in [0.15, 0.2) is 0 Å². The number of fused-ring (bicyclic) bond motifs is 1. The fourth-order valence-electron chi connectivity index (χ4n) is 4.34. The minimum atomic E-state index is -3.53. The molecule has 1 fully saturated rings. The Hall–Kier alpha value is -2.33. The SMILES string of the molecule is COC1CN(CCCN2CCN(C(=O)c3ccc(F)cc3)CC2)S(=O)(=O)c2ccccc21. The minimum absolute atomic E-state index is 0.0895. The van der Waals surface area contributed by atoms with Crippen LogP contribution in [0.15, 0.2) is 53.4 Å². The molecule has 2 aliphatic heterocycles. The summed E-state index contributed by atoms with van der Waals surface area (Å²) < 4.78 is 46.2. The lowest BCUT2D eigenvalue weighted by molar-refractivity contribution is 0.0625. The molecule has 4 rings (SSSR count). The molecule has 32 heavy (non-hydrogen) atoms. The van der Waals surface area contributed by atoms with Crippen LogP contribution in [0.2, 0.25) is 0 Å². The van der Waals surface area contributed by atoms with Crippen molar-refractivity contribution in [2.24, 2.45) is 0 Å². The number of hydrogen-bond acceptors (Lipinski definition) is 5. The first kappa shape index (κ1) is 22.8. The van der Waals surface area contributed by atoms with Crippen molar-refractivity contribution in [3.05, 3.63) is 65.5 Å². The van der Waals surface area contributed by atoms with E-state index in [2.05, 4.69) is 4.90 Å². The van der Waals surface area contributed by atoms with E-state index in [-0.39, 0.29) is 17.8 Å². The van der Waals surface area contributed by atoms with Crippen molar-refractivity contribution in [2.75, 3.05) is 52.9 Å². The number of benzene rings is 2. The third-order valence-corrected chi connectivity index (χ3v) is 8.11. The molecule has 0 aliphatic carbocycles. The van der Waals surface area contributed by atoms with Gasteiger partial charge in [-0.15, -0.1) is 0 Å². The predicted octanol–water partition coefficient (Wildman–Crippen LogP) is 2.37. The molecule has 0 N–H and O–H groups in total. The van der Waals surface area contributed by atoms with Gasteiger partial charge in [-0.2, -0.15) is 4.31 Å². The third kappa shape index (κ3) is 4.71. The van der Waals surface area contributed by atoms with E-state index in [0.717, 1.165) is 19.6 Å². The van der Waals surface area contributed by atoms with Crippen molar-refractivity contribution < 1.29 is 22.3 Å². The second-order valence-corrected chi connectivity index (χ2v) is 10.0. The van der Waals surface area contributed by atoms with Gasteiger partial charge in [-0.1, -0.05) is 18.2 Å². The molecule has 2 heterocycles. The molecule has 0 spiro atoms. The van der Waals surface area contributed by atoms with Crippen molar-refractivity contribution in [3.8, 4) is 0 Å². The number of halogens is 1. The summed E-state index contributed by atoms with van der Waals surface area (Å²) in [6, 6.07) is 12.6. The largest absolute Gasteiger partial charge is 0.375 e. The van der Waals surface area contributed by atoms with Crippen LogP contribution in [-0.4, -0.2) is 81.4 Å². The van der Waals surface area contributed by atoms with Crippen molar-refractivity contribution in [3.63, 3.8) is 0 Å². The highest BCUT2D eigenvalue weighted by atomic mass is 32.2. The fourth-order valence-corrected chi connectivity index (χ4v) is 6.06. The molecule has 2 aromatic carbocycles. The molecule has 1 saturated heterocycles. The lowest BCUT2D eigenvalue weighted by Crippen LogP contribution is -2.49. The summed E-state index contributed by atoms with van der Waals surface area (Å²) >= 11 is 0. The van der Waals surface area contributed by atoms with E-state index in [4.69, 9.17) is 4.74 Å². The Morgan fingerprint density at radius 2 is 1.72 bits per heavy atom. The highest BCUT2D eigenvalue weighted by Gasteiger charge is 2.36. The van der Waals surface area contributed by atoms with Gasteiger partial charge in [0.25, 0.3) is 5.91 Å². The first-order valence-corrected chi connectivity index (χ1v) is 12.2. The van der Waals surface area contributed by atoms with Crippen molar-refractivity contribution in [1.82, 2.24) is 14.1 Å². The summed E-state index contributed by atoms with van der Waals surface area (Å²) in [6.45, 7) is 4.13. The van der Waals surface area contributed by atoms with Crippen molar-refractivity contribution in [1.29, 1.82) is 0 Å². The molecule has 1 unspecified atom stereocenters. The number of nitrogens with zero attached hydrogens (tertiary/aromatic N) is 3. The number of carbonyl (C=O) groups is 1. The highest BCUT2D eigenvalue weighted by Crippen LogP contribution is 2.33. The van der Waals surface area contributed by atoms with Gasteiger partial charge in [-0.3, -0.25) is 9.69 Å². The van der Waals surface area contributed by atoms with E-state index < -0.39 is 10.0 Å². The Bertz CT molecular complexity index is 1050. The van der Waals surface area contributed by atoms with Gasteiger partial charge in [0.05, 0.1) is 11.0 Å². The molecule has 9 heteroatoms. The minimum Gasteiger partial charge on any atom is -0.375 e. The number of carbonyl (C=O) groups excluding carboxylic acids is 1. The average molecular weight is 462 g/mol. The summed E-state index contributed by atoms with van der Waals surface area (Å²) in [7, 11) is -1.93. The molecule has 0 aromatic heterocycles. The Kier molecular flexibility index (Phi) is 6.90. The summed E-state index contributed by atoms with van der Waals surface area (Å²) in [5.41, 5.74) is 1.20. The number of piperazine rings is 1. The molecule has 172 valence electrons. The summed E-state index contributed by atoms with van der Waals surface area (Å²) in [4.78, 5) is 16.9. The van der Waals surface area contributed by atoms with Crippen molar-refractivity contribution >= 4 is 15.9 Å². The number of amides is 1. The molecule has 1 amide bonds. The molecule has 2 aromatic rings. The lowest BCUT2D eigenvalue weighted by Gasteiger charge is -2.36. The van der Waals surface area contributed by atoms with Gasteiger partial charge in [0.2, 0.25) is 10.0 Å². The fraction of sp³-hybridized carbons (Fsp3) is 0.435. The van der Waals surface area contributed by atoms with Crippen LogP contribution in [0.1, 0.15) is 28.4 Å². The van der Waals surface area contributed by atoms with Crippen LogP contribution >= 0.6 is 0 Å². The maximum Gasteiger partial charge on any atom is 0.253 e. The second kappa shape index (κ2) is 9.66. The number of ether oxygens (including phenoxy) is 1. The van der Waals surface area contributed by atoms with E-state index in [0.29, 0.717) is 48.6 Å². The maximum absolute atomic E-state index is 13.1. The smallest absolute Gasteiger partial charge is 0.253 e. The third-order valence-electron chi connectivity index (χ3n) is 6.17. The Morgan fingerprint density at radius 3 is 2.41 bits per heavy atom. The van der Waals surface area contributed by atoms with Gasteiger partial charge < -0.3 is 9.64 Å². The van der Waals surface area contributed by atoms with Crippen LogP contribution in [0.5, 0.6) is 0 Å². The quantitative estimate of drug-likeness (QED) is 0.661. The van der Waals surface area contributed by atoms with Gasteiger partial charge in [-0.05, 0) is 43.3 Å². The van der Waals surface area contributed by atoms with E-state index in [1.807, 2.05) is 12.1 Å². The van der Waals surface area contributed by atoms with Gasteiger partial charge >= 0.3 is 0 Å².